The van der Waals surface area contributed by atoms with Gasteiger partial charge in [-0.1, -0.05) is 12.8 Å². The summed E-state index contributed by atoms with van der Waals surface area (Å²) in [5.74, 6) is -0.851. The Morgan fingerprint density at radius 2 is 2.32 bits per heavy atom. The fraction of sp³-hybridized carbons (Fsp3) is 0.692. The largest absolute Gasteiger partial charge is 0.476 e. The lowest BCUT2D eigenvalue weighted by molar-refractivity contribution is -0.0618. The second-order valence-corrected chi connectivity index (χ2v) is 5.56. The van der Waals surface area contributed by atoms with Crippen LogP contribution in [0.3, 0.4) is 0 Å². The van der Waals surface area contributed by atoms with E-state index in [0.717, 1.165) is 25.7 Å². The highest BCUT2D eigenvalue weighted by atomic mass is 16.4. The van der Waals surface area contributed by atoms with Gasteiger partial charge in [-0.3, -0.25) is 0 Å². The van der Waals surface area contributed by atoms with Gasteiger partial charge in [0, 0.05) is 19.0 Å². The van der Waals surface area contributed by atoms with Crippen molar-refractivity contribution in [2.45, 2.75) is 37.7 Å². The number of hydrogen-bond acceptors (Lipinski definition) is 5. The van der Waals surface area contributed by atoms with E-state index in [1.807, 2.05) is 4.90 Å². The number of aromatic nitrogens is 1. The van der Waals surface area contributed by atoms with Crippen LogP contribution in [0.1, 0.15) is 42.6 Å². The van der Waals surface area contributed by atoms with Crippen LogP contribution in [0.5, 0.6) is 0 Å². The van der Waals surface area contributed by atoms with Crippen molar-refractivity contribution in [1.29, 1.82) is 0 Å². The number of nitrogens with zero attached hydrogens (tertiary/aromatic N) is 2. The van der Waals surface area contributed by atoms with E-state index in [1.165, 1.54) is 6.26 Å². The van der Waals surface area contributed by atoms with Crippen LogP contribution >= 0.6 is 0 Å². The summed E-state index contributed by atoms with van der Waals surface area (Å²) in [6.45, 7) is 1.35. The molecule has 104 valence electrons. The Morgan fingerprint density at radius 3 is 3.05 bits per heavy atom. The fourth-order valence-electron chi connectivity index (χ4n) is 3.25. The Balaban J connectivity index is 1.75. The van der Waals surface area contributed by atoms with Crippen molar-refractivity contribution in [3.63, 3.8) is 0 Å². The molecule has 2 heterocycles. The van der Waals surface area contributed by atoms with Crippen molar-refractivity contribution in [2.24, 2.45) is 5.92 Å². The molecule has 1 saturated heterocycles. The summed E-state index contributed by atoms with van der Waals surface area (Å²) in [4.78, 5) is 16.7. The number of carboxylic acid groups (broad SMARTS) is 1. The number of carbonyl (C=O) groups is 1. The van der Waals surface area contributed by atoms with Crippen molar-refractivity contribution in [3.8, 4) is 0 Å². The van der Waals surface area contributed by atoms with Crippen molar-refractivity contribution in [2.75, 3.05) is 18.0 Å². The molecule has 0 amide bonds. The molecule has 1 saturated carbocycles. The zero-order valence-electron chi connectivity index (χ0n) is 10.7. The third-order valence-electron chi connectivity index (χ3n) is 4.41. The number of anilines is 1. The summed E-state index contributed by atoms with van der Waals surface area (Å²) in [6, 6.07) is 0.352. The molecule has 0 spiro atoms. The molecular weight excluding hydrogens is 248 g/mol. The van der Waals surface area contributed by atoms with Crippen LogP contribution in [0.15, 0.2) is 10.7 Å². The number of aromatic carboxylic acids is 1. The van der Waals surface area contributed by atoms with Crippen LogP contribution in [-0.2, 0) is 0 Å². The maximum Gasteiger partial charge on any atom is 0.357 e. The zero-order chi connectivity index (χ0) is 13.5. The molecule has 1 aromatic heterocycles. The fourth-order valence-corrected chi connectivity index (χ4v) is 3.25. The minimum absolute atomic E-state index is 0.0699. The first-order valence-corrected chi connectivity index (χ1v) is 6.75. The van der Waals surface area contributed by atoms with E-state index in [0.29, 0.717) is 25.5 Å². The van der Waals surface area contributed by atoms with E-state index < -0.39 is 11.6 Å². The number of hydrogen-bond donors (Lipinski definition) is 2. The van der Waals surface area contributed by atoms with Gasteiger partial charge in [-0.2, -0.15) is 4.98 Å². The van der Waals surface area contributed by atoms with Crippen molar-refractivity contribution in [3.05, 3.63) is 12.0 Å². The molecule has 6 nitrogen and oxygen atoms in total. The number of rotatable bonds is 2. The van der Waals surface area contributed by atoms with Crippen molar-refractivity contribution >= 4 is 12.0 Å². The predicted octanol–water partition coefficient (Wildman–Crippen LogP) is 1.50. The van der Waals surface area contributed by atoms with Gasteiger partial charge in [0.1, 0.15) is 6.26 Å². The second kappa shape index (κ2) is 4.52. The highest BCUT2D eigenvalue weighted by Crippen LogP contribution is 2.40. The van der Waals surface area contributed by atoms with Gasteiger partial charge in [-0.25, -0.2) is 4.79 Å². The number of oxazole rings is 1. The molecule has 2 N–H and O–H groups in total. The minimum atomic E-state index is -1.08. The van der Waals surface area contributed by atoms with Gasteiger partial charge in [0.25, 0.3) is 6.01 Å². The Kier molecular flexibility index (Phi) is 2.97. The van der Waals surface area contributed by atoms with Crippen LogP contribution in [0.4, 0.5) is 6.01 Å². The zero-order valence-corrected chi connectivity index (χ0v) is 10.7. The first-order chi connectivity index (χ1) is 9.08. The standard InChI is InChI=1S/C13H18N2O4/c16-11(17)10-8-19-12(14-10)15-6-5-13(18)4-2-1-3-9(13)7-15/h8-9,18H,1-7H2,(H,16,17). The van der Waals surface area contributed by atoms with Crippen molar-refractivity contribution in [1.82, 2.24) is 4.98 Å². The Labute approximate surface area is 111 Å². The van der Waals surface area contributed by atoms with E-state index in [4.69, 9.17) is 9.52 Å². The molecule has 3 rings (SSSR count). The van der Waals surface area contributed by atoms with E-state index >= 15 is 0 Å². The average molecular weight is 266 g/mol. The van der Waals surface area contributed by atoms with Gasteiger partial charge < -0.3 is 19.5 Å². The van der Waals surface area contributed by atoms with Crippen LogP contribution in [0.25, 0.3) is 0 Å². The maximum atomic E-state index is 10.8. The first-order valence-electron chi connectivity index (χ1n) is 6.75. The highest BCUT2D eigenvalue weighted by Gasteiger charge is 2.43. The summed E-state index contributed by atoms with van der Waals surface area (Å²) < 4.78 is 5.23. The van der Waals surface area contributed by atoms with Gasteiger partial charge in [0.05, 0.1) is 5.60 Å². The summed E-state index contributed by atoms with van der Waals surface area (Å²) >= 11 is 0. The van der Waals surface area contributed by atoms with Gasteiger partial charge in [-0.05, 0) is 19.3 Å². The maximum absolute atomic E-state index is 10.8. The third-order valence-corrected chi connectivity index (χ3v) is 4.41. The minimum Gasteiger partial charge on any atom is -0.476 e. The molecule has 19 heavy (non-hydrogen) atoms. The lowest BCUT2D eigenvalue weighted by atomic mass is 9.71. The van der Waals surface area contributed by atoms with Gasteiger partial charge in [-0.15, -0.1) is 0 Å². The van der Waals surface area contributed by atoms with Gasteiger partial charge >= 0.3 is 5.97 Å². The smallest absolute Gasteiger partial charge is 0.357 e. The Bertz CT molecular complexity index is 487. The molecular formula is C13H18N2O4. The monoisotopic (exact) mass is 266 g/mol. The summed E-state index contributed by atoms with van der Waals surface area (Å²) in [5.41, 5.74) is -0.615. The quantitative estimate of drug-likeness (QED) is 0.843. The lowest BCUT2D eigenvalue weighted by Crippen LogP contribution is -2.53. The molecule has 0 aromatic carbocycles. The molecule has 2 fully saturated rings. The van der Waals surface area contributed by atoms with E-state index in [2.05, 4.69) is 4.98 Å². The molecule has 6 heteroatoms. The highest BCUT2D eigenvalue weighted by molar-refractivity contribution is 5.85. The van der Waals surface area contributed by atoms with E-state index in [9.17, 15) is 9.90 Å². The number of carboxylic acids is 1. The SMILES string of the molecule is O=C(O)c1coc(N2CCC3(O)CCCCC3C2)n1. The first kappa shape index (κ1) is 12.5. The molecule has 2 aliphatic rings. The van der Waals surface area contributed by atoms with Crippen LogP contribution in [-0.4, -0.2) is 39.9 Å². The molecule has 2 unspecified atom stereocenters. The third kappa shape index (κ3) is 2.20. The number of aliphatic hydroxyl groups is 1. The van der Waals surface area contributed by atoms with Crippen molar-refractivity contribution < 1.29 is 19.4 Å². The molecule has 0 radical (unpaired) electrons. The summed E-state index contributed by atoms with van der Waals surface area (Å²) in [5, 5.41) is 19.4. The lowest BCUT2D eigenvalue weighted by Gasteiger charge is -2.46. The Morgan fingerprint density at radius 1 is 1.47 bits per heavy atom. The van der Waals surface area contributed by atoms with Crippen LogP contribution in [0.2, 0.25) is 0 Å². The molecule has 1 aromatic rings. The van der Waals surface area contributed by atoms with Crippen LogP contribution < -0.4 is 4.90 Å². The number of fused-ring (bicyclic) bond motifs is 1. The van der Waals surface area contributed by atoms with E-state index in [-0.39, 0.29) is 11.6 Å². The Hall–Kier alpha value is -1.56. The molecule has 0 bridgehead atoms. The molecule has 1 aliphatic carbocycles. The second-order valence-electron chi connectivity index (χ2n) is 5.56. The van der Waals surface area contributed by atoms with Gasteiger partial charge in [0.2, 0.25) is 0 Å². The number of piperidine rings is 1. The summed E-state index contributed by atoms with van der Waals surface area (Å²) in [7, 11) is 0. The molecule has 1 aliphatic heterocycles. The molecule has 2 atom stereocenters. The predicted molar refractivity (Wildman–Crippen MR) is 67.2 cm³/mol. The van der Waals surface area contributed by atoms with E-state index in [1.54, 1.807) is 0 Å². The summed E-state index contributed by atoms with van der Waals surface area (Å²) in [6.07, 6.45) is 5.99. The van der Waals surface area contributed by atoms with Crippen LogP contribution in [0, 0.1) is 5.92 Å². The average Bonchev–Trinajstić information content (AvgIpc) is 2.87. The normalized spacial score (nSPS) is 31.0. The van der Waals surface area contributed by atoms with Gasteiger partial charge in [0.15, 0.2) is 5.69 Å². The topological polar surface area (TPSA) is 86.8 Å².